The minimum atomic E-state index is -0.634. The zero-order valence-corrected chi connectivity index (χ0v) is 26.4. The van der Waals surface area contributed by atoms with E-state index >= 15 is 0 Å². The van der Waals surface area contributed by atoms with Gasteiger partial charge in [-0.15, -0.1) is 11.6 Å². The number of alkyl halides is 1. The summed E-state index contributed by atoms with van der Waals surface area (Å²) >= 11 is 7.93. The van der Waals surface area contributed by atoms with Crippen molar-refractivity contribution in [2.24, 2.45) is 5.92 Å². The molecule has 2 aromatic carbocycles. The Bertz CT molecular complexity index is 1080. The Morgan fingerprint density at radius 2 is 1.29 bits per heavy atom. The van der Waals surface area contributed by atoms with Gasteiger partial charge in [0.25, 0.3) is 0 Å². The minimum Gasteiger partial charge on any atom is -0.494 e. The molecule has 6 heteroatoms. The summed E-state index contributed by atoms with van der Waals surface area (Å²) in [5, 5.41) is 3.63. The molecular weight excluding hydrogens is 552 g/mol. The van der Waals surface area contributed by atoms with Crippen molar-refractivity contribution in [3.63, 3.8) is 0 Å². The largest absolute Gasteiger partial charge is 0.494 e. The number of esters is 1. The fourth-order valence-electron chi connectivity index (χ4n) is 4.55. The zero-order valence-electron chi connectivity index (χ0n) is 24.8. The first-order chi connectivity index (χ1) is 20.1. The van der Waals surface area contributed by atoms with Crippen LogP contribution in [0.2, 0.25) is 0 Å². The highest BCUT2D eigenvalue weighted by molar-refractivity contribution is 7.07. The Balaban J connectivity index is 1.18. The maximum atomic E-state index is 12.2. The molecule has 0 bridgehead atoms. The molecule has 3 rings (SSSR count). The second kappa shape index (κ2) is 19.7. The number of thiophene rings is 1. The first kappa shape index (κ1) is 33.2. The number of benzene rings is 2. The Kier molecular flexibility index (Phi) is 16.0. The third kappa shape index (κ3) is 13.0. The molecule has 0 aliphatic carbocycles. The number of unbranched alkanes of at least 4 members (excludes halogenated alkanes) is 9. The van der Waals surface area contributed by atoms with Gasteiger partial charge in [0.05, 0.1) is 13.2 Å². The van der Waals surface area contributed by atoms with Crippen molar-refractivity contribution in [1.29, 1.82) is 0 Å². The van der Waals surface area contributed by atoms with Crippen molar-refractivity contribution < 1.29 is 19.0 Å². The van der Waals surface area contributed by atoms with Crippen molar-refractivity contribution in [2.75, 3.05) is 13.2 Å². The van der Waals surface area contributed by atoms with E-state index in [2.05, 4.69) is 29.0 Å². The number of ether oxygens (including phenoxy) is 3. The fraction of sp³-hybridized carbons (Fsp3) is 0.514. The number of carbonyl (C=O) groups is 1. The van der Waals surface area contributed by atoms with E-state index in [0.29, 0.717) is 5.75 Å². The second-order valence-corrected chi connectivity index (χ2v) is 12.1. The summed E-state index contributed by atoms with van der Waals surface area (Å²) in [6.07, 6.45) is 13.5. The van der Waals surface area contributed by atoms with Gasteiger partial charge in [0.1, 0.15) is 16.9 Å². The lowest BCUT2D eigenvalue weighted by Gasteiger charge is -2.15. The van der Waals surface area contributed by atoms with Gasteiger partial charge in [-0.05, 0) is 76.5 Å². The highest BCUT2D eigenvalue weighted by Crippen LogP contribution is 2.26. The Hall–Kier alpha value is -2.34. The lowest BCUT2D eigenvalue weighted by Crippen LogP contribution is -2.26. The van der Waals surface area contributed by atoms with E-state index in [4.69, 9.17) is 25.8 Å². The number of hydrogen-bond acceptors (Lipinski definition) is 5. The van der Waals surface area contributed by atoms with E-state index in [1.54, 1.807) is 11.3 Å². The van der Waals surface area contributed by atoms with Crippen LogP contribution in [0.3, 0.4) is 0 Å². The van der Waals surface area contributed by atoms with Crippen molar-refractivity contribution in [1.82, 2.24) is 0 Å². The lowest BCUT2D eigenvalue weighted by molar-refractivity contribution is -0.134. The summed E-state index contributed by atoms with van der Waals surface area (Å²) in [6, 6.07) is 17.8. The summed E-state index contributed by atoms with van der Waals surface area (Å²) in [4.78, 5) is 12.2. The average molecular weight is 599 g/mol. The summed E-state index contributed by atoms with van der Waals surface area (Å²) in [5.74, 6) is 1.08. The Morgan fingerprint density at radius 1 is 0.756 bits per heavy atom. The van der Waals surface area contributed by atoms with Gasteiger partial charge in [-0.2, -0.15) is 11.3 Å². The molecule has 41 heavy (non-hydrogen) atoms. The number of halogens is 1. The second-order valence-electron chi connectivity index (χ2n) is 10.8. The first-order valence-corrected chi connectivity index (χ1v) is 16.7. The Morgan fingerprint density at radius 3 is 1.83 bits per heavy atom. The zero-order chi connectivity index (χ0) is 29.1. The predicted molar refractivity (Wildman–Crippen MR) is 172 cm³/mol. The number of hydrogen-bond donors (Lipinski definition) is 0. The molecule has 0 saturated heterocycles. The molecule has 3 aromatic rings. The van der Waals surface area contributed by atoms with E-state index in [0.717, 1.165) is 49.5 Å². The third-order valence-electron chi connectivity index (χ3n) is 7.43. The SMILES string of the molecule is CCC(C)C(Cl)C(=O)Oc1ccc(-c2ccc(OCCCCCCCCCCCCOCc3ccsc3)cc2)cc1. The average Bonchev–Trinajstić information content (AvgIpc) is 3.52. The van der Waals surface area contributed by atoms with Crippen molar-refractivity contribution in [3.05, 3.63) is 70.9 Å². The van der Waals surface area contributed by atoms with Crippen LogP contribution >= 0.6 is 22.9 Å². The normalized spacial score (nSPS) is 12.7. The lowest BCUT2D eigenvalue weighted by atomic mass is 10.0. The van der Waals surface area contributed by atoms with Crippen LogP contribution in [0.5, 0.6) is 11.5 Å². The van der Waals surface area contributed by atoms with Crippen LogP contribution in [0.25, 0.3) is 11.1 Å². The van der Waals surface area contributed by atoms with E-state index < -0.39 is 11.3 Å². The summed E-state index contributed by atoms with van der Waals surface area (Å²) in [6.45, 7) is 6.35. The first-order valence-electron chi connectivity index (χ1n) is 15.3. The van der Waals surface area contributed by atoms with Crippen LogP contribution in [0.1, 0.15) is 90.0 Å². The van der Waals surface area contributed by atoms with Gasteiger partial charge in [0.2, 0.25) is 0 Å². The monoisotopic (exact) mass is 598 g/mol. The minimum absolute atomic E-state index is 0.0767. The van der Waals surface area contributed by atoms with Gasteiger partial charge < -0.3 is 14.2 Å². The van der Waals surface area contributed by atoms with Gasteiger partial charge in [-0.3, -0.25) is 4.79 Å². The van der Waals surface area contributed by atoms with Gasteiger partial charge in [-0.25, -0.2) is 0 Å². The maximum Gasteiger partial charge on any atom is 0.329 e. The van der Waals surface area contributed by atoms with E-state index in [-0.39, 0.29) is 5.92 Å². The van der Waals surface area contributed by atoms with E-state index in [1.807, 2.05) is 50.2 Å². The van der Waals surface area contributed by atoms with Crippen LogP contribution in [-0.4, -0.2) is 24.6 Å². The number of rotatable bonds is 21. The van der Waals surface area contributed by atoms with Gasteiger partial charge in [-0.1, -0.05) is 95.9 Å². The molecule has 0 N–H and O–H groups in total. The Labute approximate surface area is 256 Å². The van der Waals surface area contributed by atoms with Gasteiger partial charge in [0, 0.05) is 6.61 Å². The van der Waals surface area contributed by atoms with E-state index in [1.165, 1.54) is 63.4 Å². The third-order valence-corrected chi connectivity index (χ3v) is 8.77. The van der Waals surface area contributed by atoms with Crippen LogP contribution in [0, 0.1) is 5.92 Å². The molecule has 2 unspecified atom stereocenters. The summed E-state index contributed by atoms with van der Waals surface area (Å²) in [7, 11) is 0. The van der Waals surface area contributed by atoms with Crippen LogP contribution < -0.4 is 9.47 Å². The predicted octanol–water partition coefficient (Wildman–Crippen LogP) is 10.5. The molecule has 0 aliphatic rings. The molecule has 0 saturated carbocycles. The molecule has 4 nitrogen and oxygen atoms in total. The molecular formula is C35H47ClO4S. The molecule has 224 valence electrons. The quantitative estimate of drug-likeness (QED) is 0.0529. The van der Waals surface area contributed by atoms with Crippen molar-refractivity contribution in [3.8, 4) is 22.6 Å². The van der Waals surface area contributed by atoms with Gasteiger partial charge >= 0.3 is 5.97 Å². The fourth-order valence-corrected chi connectivity index (χ4v) is 5.42. The molecule has 1 heterocycles. The molecule has 0 radical (unpaired) electrons. The highest BCUT2D eigenvalue weighted by Gasteiger charge is 2.23. The molecule has 2 atom stereocenters. The highest BCUT2D eigenvalue weighted by atomic mass is 35.5. The topological polar surface area (TPSA) is 44.8 Å². The number of carbonyl (C=O) groups excluding carboxylic acids is 1. The van der Waals surface area contributed by atoms with Gasteiger partial charge in [0.15, 0.2) is 0 Å². The summed E-state index contributed by atoms with van der Waals surface area (Å²) in [5.41, 5.74) is 3.44. The standard InChI is InChI=1S/C35H47ClO4S/c1-3-28(2)34(36)35(37)40-33-20-16-31(17-21-33)30-14-18-32(19-15-30)39-24-13-11-9-7-5-4-6-8-10-12-23-38-26-29-22-25-41-27-29/h14-22,25,27-28,34H,3-13,23-24,26H2,1-2H3. The molecule has 0 amide bonds. The maximum absolute atomic E-state index is 12.2. The van der Waals surface area contributed by atoms with Crippen LogP contribution in [-0.2, 0) is 16.1 Å². The summed E-state index contributed by atoms with van der Waals surface area (Å²) < 4.78 is 17.1. The van der Waals surface area contributed by atoms with E-state index in [9.17, 15) is 4.79 Å². The molecule has 0 fully saturated rings. The molecule has 0 spiro atoms. The van der Waals surface area contributed by atoms with Crippen LogP contribution in [0.4, 0.5) is 0 Å². The van der Waals surface area contributed by atoms with Crippen molar-refractivity contribution in [2.45, 2.75) is 96.5 Å². The molecule has 0 aliphatic heterocycles. The van der Waals surface area contributed by atoms with Crippen LogP contribution in [0.15, 0.2) is 65.4 Å². The smallest absolute Gasteiger partial charge is 0.329 e. The van der Waals surface area contributed by atoms with Crippen molar-refractivity contribution >= 4 is 28.9 Å². The molecule has 1 aromatic heterocycles.